The highest BCUT2D eigenvalue weighted by Gasteiger charge is 2.47. The summed E-state index contributed by atoms with van der Waals surface area (Å²) >= 11 is 0. The topological polar surface area (TPSA) is 75.7 Å². The summed E-state index contributed by atoms with van der Waals surface area (Å²) < 4.78 is 30.7. The molecule has 1 aromatic carbocycles. The van der Waals surface area contributed by atoms with Crippen LogP contribution in [-0.4, -0.2) is 52.0 Å². The SMILES string of the molecule is CN(C)S(=O)(=O)c1ccc(C(=O)NC2CCC23CCOCC3)cc1. The number of hydrogen-bond acceptors (Lipinski definition) is 4. The van der Waals surface area contributed by atoms with E-state index in [4.69, 9.17) is 4.74 Å². The predicted octanol–water partition coefficient (Wildman–Crippen LogP) is 1.63. The molecule has 1 heterocycles. The second-order valence-electron chi connectivity index (χ2n) is 6.85. The van der Waals surface area contributed by atoms with Crippen molar-refractivity contribution in [2.75, 3.05) is 27.3 Å². The van der Waals surface area contributed by atoms with Crippen molar-refractivity contribution >= 4 is 15.9 Å². The van der Waals surface area contributed by atoms with Gasteiger partial charge in [0.15, 0.2) is 0 Å². The van der Waals surface area contributed by atoms with Gasteiger partial charge in [0.05, 0.1) is 4.90 Å². The van der Waals surface area contributed by atoms with Crippen LogP contribution < -0.4 is 5.32 Å². The Morgan fingerprint density at radius 3 is 2.29 bits per heavy atom. The van der Waals surface area contributed by atoms with Crippen LogP contribution in [0.1, 0.15) is 36.0 Å². The zero-order chi connectivity index (χ0) is 17.4. The summed E-state index contributed by atoms with van der Waals surface area (Å²) in [5, 5.41) is 3.12. The fraction of sp³-hybridized carbons (Fsp3) is 0.588. The molecule has 0 radical (unpaired) electrons. The fourth-order valence-electron chi connectivity index (χ4n) is 3.53. The van der Waals surface area contributed by atoms with Crippen molar-refractivity contribution in [1.29, 1.82) is 0 Å². The molecule has 1 aliphatic carbocycles. The molecule has 1 aliphatic heterocycles. The second-order valence-corrected chi connectivity index (χ2v) is 9.00. The highest BCUT2D eigenvalue weighted by molar-refractivity contribution is 7.89. The maximum Gasteiger partial charge on any atom is 0.251 e. The number of benzene rings is 1. The largest absolute Gasteiger partial charge is 0.381 e. The van der Waals surface area contributed by atoms with Crippen LogP contribution in [0.15, 0.2) is 29.2 Å². The number of amides is 1. The molecule has 3 rings (SSSR count). The number of sulfonamides is 1. The van der Waals surface area contributed by atoms with E-state index in [2.05, 4.69) is 5.32 Å². The summed E-state index contributed by atoms with van der Waals surface area (Å²) in [6.45, 7) is 1.53. The molecule has 24 heavy (non-hydrogen) atoms. The van der Waals surface area contributed by atoms with Gasteiger partial charge in [0.25, 0.3) is 5.91 Å². The van der Waals surface area contributed by atoms with E-state index in [1.165, 1.54) is 26.2 Å². The van der Waals surface area contributed by atoms with E-state index in [0.717, 1.165) is 43.2 Å². The third-order valence-corrected chi connectivity index (χ3v) is 7.19. The quantitative estimate of drug-likeness (QED) is 0.894. The van der Waals surface area contributed by atoms with Gasteiger partial charge in [-0.1, -0.05) is 0 Å². The van der Waals surface area contributed by atoms with Gasteiger partial charge < -0.3 is 10.1 Å². The normalized spacial score (nSPS) is 23.0. The molecule has 2 fully saturated rings. The highest BCUT2D eigenvalue weighted by Crippen LogP contribution is 2.48. The zero-order valence-corrected chi connectivity index (χ0v) is 14.9. The molecule has 1 amide bonds. The van der Waals surface area contributed by atoms with Gasteiger partial charge in [0, 0.05) is 38.9 Å². The highest BCUT2D eigenvalue weighted by atomic mass is 32.2. The van der Waals surface area contributed by atoms with E-state index in [1.54, 1.807) is 12.1 Å². The van der Waals surface area contributed by atoms with E-state index in [9.17, 15) is 13.2 Å². The van der Waals surface area contributed by atoms with E-state index in [1.807, 2.05) is 0 Å². The molecule has 132 valence electrons. The molecule has 1 unspecified atom stereocenters. The van der Waals surface area contributed by atoms with Gasteiger partial charge in [-0.3, -0.25) is 4.79 Å². The van der Waals surface area contributed by atoms with Crippen LogP contribution in [0.5, 0.6) is 0 Å². The lowest BCUT2D eigenvalue weighted by Crippen LogP contribution is -2.57. The minimum absolute atomic E-state index is 0.139. The maximum absolute atomic E-state index is 12.5. The molecule has 6 nitrogen and oxygen atoms in total. The lowest BCUT2D eigenvalue weighted by Gasteiger charge is -2.52. The van der Waals surface area contributed by atoms with Crippen LogP contribution in [0.3, 0.4) is 0 Å². The van der Waals surface area contributed by atoms with E-state index >= 15 is 0 Å². The summed E-state index contributed by atoms with van der Waals surface area (Å²) in [5.41, 5.74) is 0.684. The van der Waals surface area contributed by atoms with Crippen LogP contribution in [0.2, 0.25) is 0 Å². The third kappa shape index (κ3) is 3.08. The first-order valence-electron chi connectivity index (χ1n) is 8.26. The van der Waals surface area contributed by atoms with Crippen molar-refractivity contribution in [3.05, 3.63) is 29.8 Å². The minimum atomic E-state index is -3.47. The lowest BCUT2D eigenvalue weighted by atomic mass is 9.60. The standard InChI is InChI=1S/C17H24N2O4S/c1-19(2)24(21,22)14-5-3-13(4-6-14)16(20)18-15-7-8-17(15)9-11-23-12-10-17/h3-6,15H,7-12H2,1-2H3,(H,18,20). The monoisotopic (exact) mass is 352 g/mol. The van der Waals surface area contributed by atoms with E-state index < -0.39 is 10.0 Å². The average Bonchev–Trinajstić information content (AvgIpc) is 2.59. The Balaban J connectivity index is 1.68. The Labute approximate surface area is 143 Å². The van der Waals surface area contributed by atoms with E-state index in [-0.39, 0.29) is 22.3 Å². The van der Waals surface area contributed by atoms with Gasteiger partial charge in [-0.25, -0.2) is 12.7 Å². The predicted molar refractivity (Wildman–Crippen MR) is 90.3 cm³/mol. The first-order chi connectivity index (χ1) is 11.3. The van der Waals surface area contributed by atoms with Gasteiger partial charge in [0.2, 0.25) is 10.0 Å². The molecule has 0 aromatic heterocycles. The molecule has 0 bridgehead atoms. The number of nitrogens with one attached hydrogen (secondary N) is 1. The molecule has 1 N–H and O–H groups in total. The molecule has 1 atom stereocenters. The fourth-order valence-corrected chi connectivity index (χ4v) is 4.43. The Morgan fingerprint density at radius 1 is 1.17 bits per heavy atom. The number of hydrogen-bond donors (Lipinski definition) is 1. The van der Waals surface area contributed by atoms with Crippen molar-refractivity contribution in [1.82, 2.24) is 9.62 Å². The molecule has 7 heteroatoms. The number of carbonyl (C=O) groups excluding carboxylic acids is 1. The number of nitrogens with zero attached hydrogens (tertiary/aromatic N) is 1. The van der Waals surface area contributed by atoms with Crippen LogP contribution in [-0.2, 0) is 14.8 Å². The van der Waals surface area contributed by atoms with E-state index in [0.29, 0.717) is 5.56 Å². The number of carbonyl (C=O) groups is 1. The van der Waals surface area contributed by atoms with Crippen molar-refractivity contribution in [3.8, 4) is 0 Å². The van der Waals surface area contributed by atoms with Crippen molar-refractivity contribution in [3.63, 3.8) is 0 Å². The summed E-state index contributed by atoms with van der Waals surface area (Å²) in [5.74, 6) is -0.139. The van der Waals surface area contributed by atoms with Crippen LogP contribution >= 0.6 is 0 Å². The minimum Gasteiger partial charge on any atom is -0.381 e. The first kappa shape index (κ1) is 17.4. The summed E-state index contributed by atoms with van der Waals surface area (Å²) in [6.07, 6.45) is 4.14. The first-order valence-corrected chi connectivity index (χ1v) is 9.70. The Kier molecular flexibility index (Phi) is 4.68. The Bertz CT molecular complexity index is 707. The molecular formula is C17H24N2O4S. The molecule has 1 spiro atoms. The van der Waals surface area contributed by atoms with Crippen molar-refractivity contribution < 1.29 is 17.9 Å². The summed E-state index contributed by atoms with van der Waals surface area (Å²) in [7, 11) is -0.498. The van der Waals surface area contributed by atoms with Gasteiger partial charge in [0.1, 0.15) is 0 Å². The molecule has 1 aromatic rings. The summed E-state index contributed by atoms with van der Waals surface area (Å²) in [6, 6.07) is 6.30. The zero-order valence-electron chi connectivity index (χ0n) is 14.1. The van der Waals surface area contributed by atoms with Crippen molar-refractivity contribution in [2.24, 2.45) is 5.41 Å². The van der Waals surface area contributed by atoms with Crippen LogP contribution in [0, 0.1) is 5.41 Å². The van der Waals surface area contributed by atoms with Gasteiger partial charge in [-0.15, -0.1) is 0 Å². The number of rotatable bonds is 4. The molecular weight excluding hydrogens is 328 g/mol. The van der Waals surface area contributed by atoms with Crippen LogP contribution in [0.25, 0.3) is 0 Å². The molecule has 1 saturated heterocycles. The molecule has 1 saturated carbocycles. The lowest BCUT2D eigenvalue weighted by molar-refractivity contribution is -0.0523. The summed E-state index contributed by atoms with van der Waals surface area (Å²) in [4.78, 5) is 12.7. The average molecular weight is 352 g/mol. The van der Waals surface area contributed by atoms with Gasteiger partial charge in [-0.2, -0.15) is 0 Å². The Hall–Kier alpha value is -1.44. The third-order valence-electron chi connectivity index (χ3n) is 5.36. The van der Waals surface area contributed by atoms with Gasteiger partial charge >= 0.3 is 0 Å². The smallest absolute Gasteiger partial charge is 0.251 e. The van der Waals surface area contributed by atoms with Crippen LogP contribution in [0.4, 0.5) is 0 Å². The second kappa shape index (κ2) is 6.46. The maximum atomic E-state index is 12.5. The number of ether oxygens (including phenoxy) is 1. The van der Waals surface area contributed by atoms with Crippen molar-refractivity contribution in [2.45, 2.75) is 36.6 Å². The Morgan fingerprint density at radius 2 is 1.79 bits per heavy atom. The molecule has 2 aliphatic rings. The van der Waals surface area contributed by atoms with Gasteiger partial charge in [-0.05, 0) is 55.4 Å².